The van der Waals surface area contributed by atoms with Crippen LogP contribution in [0, 0.1) is 0 Å². The second-order valence-corrected chi connectivity index (χ2v) is 4.37. The normalized spacial score (nSPS) is 16.9. The third-order valence-electron chi connectivity index (χ3n) is 2.81. The predicted octanol–water partition coefficient (Wildman–Crippen LogP) is 2.37. The minimum absolute atomic E-state index is 0.293. The van der Waals surface area contributed by atoms with Crippen molar-refractivity contribution in [2.75, 3.05) is 13.7 Å². The van der Waals surface area contributed by atoms with Crippen LogP contribution in [0.1, 0.15) is 5.56 Å². The maximum Gasteiger partial charge on any atom is 0.226 e. The fourth-order valence-electron chi connectivity index (χ4n) is 1.76. The molecule has 1 heterocycles. The molecule has 92 valence electrons. The van der Waals surface area contributed by atoms with Gasteiger partial charge in [0.15, 0.2) is 0 Å². The minimum Gasteiger partial charge on any atom is -0.464 e. The van der Waals surface area contributed by atoms with Gasteiger partial charge in [-0.05, 0) is 25.2 Å². The smallest absolute Gasteiger partial charge is 0.226 e. The van der Waals surface area contributed by atoms with E-state index in [1.54, 1.807) is 31.3 Å². The van der Waals surface area contributed by atoms with E-state index in [2.05, 4.69) is 5.32 Å². The summed E-state index contributed by atoms with van der Waals surface area (Å²) in [4.78, 5) is 0. The molecule has 0 radical (unpaired) electrons. The number of hydrogen-bond donors (Lipinski definition) is 2. The SMILES string of the molecule is CNC(CO)C(F)(Cl)c1ccc2occc2c1. The fraction of sp³-hybridized carbons (Fsp3) is 0.333. The molecule has 0 saturated heterocycles. The third kappa shape index (κ3) is 2.16. The van der Waals surface area contributed by atoms with Crippen LogP contribution < -0.4 is 5.32 Å². The van der Waals surface area contributed by atoms with Crippen LogP contribution in [-0.2, 0) is 5.13 Å². The molecular weight excluding hydrogens is 245 g/mol. The maximum absolute atomic E-state index is 14.4. The third-order valence-corrected chi connectivity index (χ3v) is 3.29. The number of hydrogen-bond acceptors (Lipinski definition) is 3. The first kappa shape index (κ1) is 12.4. The Morgan fingerprint density at radius 1 is 1.53 bits per heavy atom. The van der Waals surface area contributed by atoms with Crippen LogP contribution in [0.4, 0.5) is 4.39 Å². The second-order valence-electron chi connectivity index (χ2n) is 3.82. The Kier molecular flexibility index (Phi) is 3.38. The van der Waals surface area contributed by atoms with Crippen LogP contribution in [0.25, 0.3) is 11.0 Å². The molecule has 0 fully saturated rings. The largest absolute Gasteiger partial charge is 0.464 e. The maximum atomic E-state index is 14.4. The number of furan rings is 1. The van der Waals surface area contributed by atoms with E-state index in [0.717, 1.165) is 5.39 Å². The quantitative estimate of drug-likeness (QED) is 0.827. The van der Waals surface area contributed by atoms with Crippen LogP contribution in [0.5, 0.6) is 0 Å². The topological polar surface area (TPSA) is 45.4 Å². The lowest BCUT2D eigenvalue weighted by atomic mass is 10.0. The van der Waals surface area contributed by atoms with Gasteiger partial charge in [0.05, 0.1) is 18.9 Å². The molecule has 0 aliphatic rings. The van der Waals surface area contributed by atoms with Crippen molar-refractivity contribution in [2.24, 2.45) is 0 Å². The van der Waals surface area contributed by atoms with E-state index >= 15 is 0 Å². The van der Waals surface area contributed by atoms with Gasteiger partial charge in [0, 0.05) is 10.9 Å². The Morgan fingerprint density at radius 3 is 2.94 bits per heavy atom. The van der Waals surface area contributed by atoms with Crippen LogP contribution >= 0.6 is 11.6 Å². The first-order valence-electron chi connectivity index (χ1n) is 5.23. The number of benzene rings is 1. The Bertz CT molecular complexity index is 508. The highest BCUT2D eigenvalue weighted by Gasteiger charge is 2.38. The summed E-state index contributed by atoms with van der Waals surface area (Å²) in [7, 11) is 1.55. The summed E-state index contributed by atoms with van der Waals surface area (Å²) in [6, 6.07) is 5.70. The summed E-state index contributed by atoms with van der Waals surface area (Å²) < 4.78 is 19.6. The second kappa shape index (κ2) is 4.64. The number of fused-ring (bicyclic) bond motifs is 1. The summed E-state index contributed by atoms with van der Waals surface area (Å²) in [6.07, 6.45) is 1.53. The van der Waals surface area contributed by atoms with Crippen molar-refractivity contribution in [1.82, 2.24) is 5.32 Å². The van der Waals surface area contributed by atoms with Crippen LogP contribution in [-0.4, -0.2) is 24.8 Å². The molecule has 0 spiro atoms. The van der Waals surface area contributed by atoms with Crippen molar-refractivity contribution in [1.29, 1.82) is 0 Å². The number of likely N-dealkylation sites (N-methyl/N-ethyl adjacent to an activating group) is 1. The van der Waals surface area contributed by atoms with Gasteiger partial charge in [-0.2, -0.15) is 0 Å². The van der Waals surface area contributed by atoms with E-state index in [9.17, 15) is 4.39 Å². The summed E-state index contributed by atoms with van der Waals surface area (Å²) in [5.74, 6) is 0. The number of nitrogens with one attached hydrogen (secondary N) is 1. The van der Waals surface area contributed by atoms with Gasteiger partial charge in [0.25, 0.3) is 0 Å². The Hall–Kier alpha value is -1.10. The van der Waals surface area contributed by atoms with Crippen molar-refractivity contribution in [2.45, 2.75) is 11.2 Å². The monoisotopic (exact) mass is 257 g/mol. The molecule has 2 atom stereocenters. The summed E-state index contributed by atoms with van der Waals surface area (Å²) in [5.41, 5.74) is 0.965. The zero-order chi connectivity index (χ0) is 12.5. The predicted molar refractivity (Wildman–Crippen MR) is 64.8 cm³/mol. The van der Waals surface area contributed by atoms with Gasteiger partial charge >= 0.3 is 0 Å². The molecule has 17 heavy (non-hydrogen) atoms. The Labute approximate surface area is 103 Å². The fourth-order valence-corrected chi connectivity index (χ4v) is 2.06. The van der Waals surface area contributed by atoms with Crippen molar-refractivity contribution in [3.63, 3.8) is 0 Å². The Balaban J connectivity index is 2.43. The standard InChI is InChI=1S/C12H13ClFNO2/c1-15-11(7-16)12(13,14)9-2-3-10-8(6-9)4-5-17-10/h2-6,11,15-16H,7H2,1H3. The number of aliphatic hydroxyl groups excluding tert-OH is 1. The molecule has 3 nitrogen and oxygen atoms in total. The van der Waals surface area contributed by atoms with Crippen molar-refractivity contribution in [3.05, 3.63) is 36.1 Å². The van der Waals surface area contributed by atoms with E-state index in [1.165, 1.54) is 6.26 Å². The first-order chi connectivity index (χ1) is 8.09. The molecule has 1 aromatic heterocycles. The number of alkyl halides is 2. The number of rotatable bonds is 4. The van der Waals surface area contributed by atoms with E-state index in [-0.39, 0.29) is 6.61 Å². The van der Waals surface area contributed by atoms with Gasteiger partial charge in [-0.25, -0.2) is 4.39 Å². The van der Waals surface area contributed by atoms with Gasteiger partial charge in [0.1, 0.15) is 5.58 Å². The lowest BCUT2D eigenvalue weighted by Crippen LogP contribution is -2.43. The van der Waals surface area contributed by atoms with Crippen molar-refractivity contribution in [3.8, 4) is 0 Å². The number of aliphatic hydroxyl groups is 1. The van der Waals surface area contributed by atoms with E-state index < -0.39 is 11.2 Å². The minimum atomic E-state index is -2.16. The molecule has 0 amide bonds. The molecule has 5 heteroatoms. The number of halogens is 2. The van der Waals surface area contributed by atoms with Gasteiger partial charge in [-0.1, -0.05) is 17.7 Å². The first-order valence-corrected chi connectivity index (χ1v) is 5.61. The van der Waals surface area contributed by atoms with Gasteiger partial charge in [-0.3, -0.25) is 0 Å². The molecule has 0 saturated carbocycles. The molecule has 0 aliphatic carbocycles. The zero-order valence-corrected chi connectivity index (χ0v) is 10.0. The molecule has 2 N–H and O–H groups in total. The van der Waals surface area contributed by atoms with Gasteiger partial charge in [0.2, 0.25) is 5.13 Å². The Morgan fingerprint density at radius 2 is 2.29 bits per heavy atom. The highest BCUT2D eigenvalue weighted by Crippen LogP contribution is 2.36. The molecule has 2 rings (SSSR count). The van der Waals surface area contributed by atoms with Crippen LogP contribution in [0.2, 0.25) is 0 Å². The molecular formula is C12H13ClFNO2. The molecule has 2 unspecified atom stereocenters. The van der Waals surface area contributed by atoms with E-state index in [1.807, 2.05) is 0 Å². The highest BCUT2D eigenvalue weighted by molar-refractivity contribution is 6.23. The lowest BCUT2D eigenvalue weighted by molar-refractivity contribution is 0.139. The zero-order valence-electron chi connectivity index (χ0n) is 9.28. The average Bonchev–Trinajstić information content (AvgIpc) is 2.77. The molecule has 0 aliphatic heterocycles. The summed E-state index contributed by atoms with van der Waals surface area (Å²) >= 11 is 5.88. The van der Waals surface area contributed by atoms with Crippen molar-refractivity contribution < 1.29 is 13.9 Å². The molecule has 0 bridgehead atoms. The van der Waals surface area contributed by atoms with E-state index in [0.29, 0.717) is 11.1 Å². The summed E-state index contributed by atoms with van der Waals surface area (Å²) in [6.45, 7) is -0.389. The van der Waals surface area contributed by atoms with Gasteiger partial charge < -0.3 is 14.8 Å². The summed E-state index contributed by atoms with van der Waals surface area (Å²) in [5, 5.41) is 10.4. The van der Waals surface area contributed by atoms with E-state index in [4.69, 9.17) is 21.1 Å². The molecule has 1 aromatic carbocycles. The average molecular weight is 258 g/mol. The van der Waals surface area contributed by atoms with Crippen molar-refractivity contribution >= 4 is 22.6 Å². The van der Waals surface area contributed by atoms with Crippen LogP contribution in [0.3, 0.4) is 0 Å². The van der Waals surface area contributed by atoms with Crippen LogP contribution in [0.15, 0.2) is 34.9 Å². The lowest BCUT2D eigenvalue weighted by Gasteiger charge is -2.26. The van der Waals surface area contributed by atoms with Gasteiger partial charge in [-0.15, -0.1) is 0 Å². The molecule has 2 aromatic rings. The highest BCUT2D eigenvalue weighted by atomic mass is 35.5.